The van der Waals surface area contributed by atoms with Crippen LogP contribution in [0.4, 0.5) is 0 Å². The SMILES string of the molecule is CC[C@H](C)[C@H](NC(=O)[C@@H](N)CCCCN)C(=O)N[C@@H](CCCCN)C(=O)O. The number of nitrogens with one attached hydrogen (secondary N) is 2. The lowest BCUT2D eigenvalue weighted by Crippen LogP contribution is -2.56. The normalized spacial score (nSPS) is 15.4. The molecule has 2 amide bonds. The quantitative estimate of drug-likeness (QED) is 0.209. The van der Waals surface area contributed by atoms with E-state index < -0.39 is 35.9 Å². The van der Waals surface area contributed by atoms with Gasteiger partial charge in [0.2, 0.25) is 11.8 Å². The Morgan fingerprint density at radius 1 is 0.926 bits per heavy atom. The lowest BCUT2D eigenvalue weighted by Gasteiger charge is -2.26. The maximum absolute atomic E-state index is 12.6. The van der Waals surface area contributed by atoms with E-state index >= 15 is 0 Å². The second-order valence-electron chi connectivity index (χ2n) is 6.95. The van der Waals surface area contributed by atoms with Crippen molar-refractivity contribution in [3.63, 3.8) is 0 Å². The molecule has 0 fully saturated rings. The van der Waals surface area contributed by atoms with Gasteiger partial charge in [-0.25, -0.2) is 4.79 Å². The Kier molecular flexibility index (Phi) is 13.5. The number of amides is 2. The zero-order valence-electron chi connectivity index (χ0n) is 16.6. The molecule has 9 N–H and O–H groups in total. The average Bonchev–Trinajstić information content (AvgIpc) is 2.64. The van der Waals surface area contributed by atoms with Gasteiger partial charge in [-0.2, -0.15) is 0 Å². The first-order chi connectivity index (χ1) is 12.8. The summed E-state index contributed by atoms with van der Waals surface area (Å²) < 4.78 is 0. The molecule has 27 heavy (non-hydrogen) atoms. The minimum Gasteiger partial charge on any atom is -0.480 e. The van der Waals surface area contributed by atoms with Crippen molar-refractivity contribution in [2.45, 2.75) is 76.9 Å². The smallest absolute Gasteiger partial charge is 0.326 e. The van der Waals surface area contributed by atoms with Crippen molar-refractivity contribution < 1.29 is 19.5 Å². The molecule has 0 aromatic carbocycles. The molecule has 0 aromatic heterocycles. The molecule has 0 aliphatic rings. The van der Waals surface area contributed by atoms with Crippen LogP contribution in [0.15, 0.2) is 0 Å². The fraction of sp³-hybridized carbons (Fsp3) is 0.833. The van der Waals surface area contributed by atoms with Crippen LogP contribution in [0.5, 0.6) is 0 Å². The first kappa shape index (κ1) is 25.3. The number of aliphatic carboxylic acids is 1. The summed E-state index contributed by atoms with van der Waals surface area (Å²) in [5.41, 5.74) is 16.7. The van der Waals surface area contributed by atoms with Crippen LogP contribution in [0.3, 0.4) is 0 Å². The highest BCUT2D eigenvalue weighted by molar-refractivity contribution is 5.91. The Hall–Kier alpha value is -1.71. The van der Waals surface area contributed by atoms with Gasteiger partial charge in [-0.3, -0.25) is 9.59 Å². The number of carbonyl (C=O) groups is 3. The number of nitrogens with two attached hydrogens (primary N) is 3. The van der Waals surface area contributed by atoms with Crippen LogP contribution in [-0.4, -0.2) is 54.1 Å². The fourth-order valence-corrected chi connectivity index (χ4v) is 2.61. The van der Waals surface area contributed by atoms with Crippen LogP contribution >= 0.6 is 0 Å². The molecule has 0 aromatic rings. The molecule has 158 valence electrons. The maximum atomic E-state index is 12.6. The predicted octanol–water partition coefficient (Wildman–Crippen LogP) is -0.328. The highest BCUT2D eigenvalue weighted by atomic mass is 16.4. The highest BCUT2D eigenvalue weighted by Gasteiger charge is 2.30. The van der Waals surface area contributed by atoms with Crippen LogP contribution in [-0.2, 0) is 14.4 Å². The molecule has 0 spiro atoms. The molecule has 0 rings (SSSR count). The Labute approximate surface area is 161 Å². The number of unbranched alkanes of at least 4 members (excludes halogenated alkanes) is 2. The van der Waals surface area contributed by atoms with E-state index in [9.17, 15) is 19.5 Å². The second kappa shape index (κ2) is 14.4. The number of carboxylic acids is 1. The summed E-state index contributed by atoms with van der Waals surface area (Å²) in [4.78, 5) is 36.4. The van der Waals surface area contributed by atoms with Gasteiger partial charge < -0.3 is 32.9 Å². The van der Waals surface area contributed by atoms with Crippen molar-refractivity contribution in [3.05, 3.63) is 0 Å². The van der Waals surface area contributed by atoms with Crippen molar-refractivity contribution in [1.82, 2.24) is 10.6 Å². The molecule has 0 aliphatic carbocycles. The van der Waals surface area contributed by atoms with Gasteiger partial charge in [0.15, 0.2) is 0 Å². The summed E-state index contributed by atoms with van der Waals surface area (Å²) in [6.07, 6.45) is 4.20. The standard InChI is InChI=1S/C18H37N5O4/c1-3-12(2)15(23-16(24)13(21)8-4-6-10-19)17(25)22-14(18(26)27)9-5-7-11-20/h12-15H,3-11,19-21H2,1-2H3,(H,22,25)(H,23,24)(H,26,27)/t12-,13-,14-,15-/m0/s1. The summed E-state index contributed by atoms with van der Waals surface area (Å²) in [5, 5.41) is 14.5. The van der Waals surface area contributed by atoms with Gasteiger partial charge >= 0.3 is 5.97 Å². The van der Waals surface area contributed by atoms with E-state index in [0.717, 1.165) is 12.8 Å². The Bertz CT molecular complexity index is 461. The van der Waals surface area contributed by atoms with Gasteiger partial charge in [-0.15, -0.1) is 0 Å². The molecular formula is C18H37N5O4. The number of carbonyl (C=O) groups excluding carboxylic acids is 2. The number of hydrogen-bond acceptors (Lipinski definition) is 6. The lowest BCUT2D eigenvalue weighted by atomic mass is 9.97. The van der Waals surface area contributed by atoms with Crippen LogP contribution in [0.25, 0.3) is 0 Å². The molecule has 9 heteroatoms. The maximum Gasteiger partial charge on any atom is 0.326 e. The summed E-state index contributed by atoms with van der Waals surface area (Å²) in [7, 11) is 0. The van der Waals surface area contributed by atoms with Crippen molar-refractivity contribution in [2.75, 3.05) is 13.1 Å². The summed E-state index contributed by atoms with van der Waals surface area (Å²) in [5.74, 6) is -2.19. The van der Waals surface area contributed by atoms with Crippen molar-refractivity contribution >= 4 is 17.8 Å². The molecule has 9 nitrogen and oxygen atoms in total. The number of carboxylic acid groups (broad SMARTS) is 1. The van der Waals surface area contributed by atoms with Crippen molar-refractivity contribution in [2.24, 2.45) is 23.1 Å². The molecule has 0 bridgehead atoms. The average molecular weight is 388 g/mol. The van der Waals surface area contributed by atoms with E-state index in [1.807, 2.05) is 13.8 Å². The van der Waals surface area contributed by atoms with Crippen LogP contribution in [0.1, 0.15) is 58.8 Å². The van der Waals surface area contributed by atoms with Crippen molar-refractivity contribution in [3.8, 4) is 0 Å². The molecule has 0 saturated heterocycles. The molecule has 4 atom stereocenters. The van der Waals surface area contributed by atoms with Gasteiger partial charge in [0.1, 0.15) is 12.1 Å². The van der Waals surface area contributed by atoms with E-state index in [4.69, 9.17) is 17.2 Å². The Morgan fingerprint density at radius 3 is 1.96 bits per heavy atom. The van der Waals surface area contributed by atoms with Crippen LogP contribution in [0.2, 0.25) is 0 Å². The highest BCUT2D eigenvalue weighted by Crippen LogP contribution is 2.10. The molecule has 0 aliphatic heterocycles. The Morgan fingerprint density at radius 2 is 1.48 bits per heavy atom. The largest absolute Gasteiger partial charge is 0.480 e. The molecule has 0 radical (unpaired) electrons. The summed E-state index contributed by atoms with van der Waals surface area (Å²) in [6.45, 7) is 4.73. The monoisotopic (exact) mass is 387 g/mol. The molecular weight excluding hydrogens is 350 g/mol. The Balaban J connectivity index is 4.92. The predicted molar refractivity (Wildman–Crippen MR) is 105 cm³/mol. The van der Waals surface area contributed by atoms with E-state index in [2.05, 4.69) is 10.6 Å². The van der Waals surface area contributed by atoms with E-state index in [1.165, 1.54) is 0 Å². The van der Waals surface area contributed by atoms with E-state index in [-0.39, 0.29) is 12.3 Å². The zero-order valence-corrected chi connectivity index (χ0v) is 16.6. The van der Waals surface area contributed by atoms with E-state index in [0.29, 0.717) is 38.8 Å². The third kappa shape index (κ3) is 10.3. The minimum absolute atomic E-state index is 0.163. The number of hydrogen-bond donors (Lipinski definition) is 6. The molecule has 0 saturated carbocycles. The topological polar surface area (TPSA) is 174 Å². The first-order valence-electron chi connectivity index (χ1n) is 9.77. The van der Waals surface area contributed by atoms with Gasteiger partial charge in [-0.1, -0.05) is 26.7 Å². The van der Waals surface area contributed by atoms with Gasteiger partial charge in [-0.05, 0) is 51.1 Å². The summed E-state index contributed by atoms with van der Waals surface area (Å²) in [6, 6.07) is -2.57. The fourth-order valence-electron chi connectivity index (χ4n) is 2.61. The van der Waals surface area contributed by atoms with Crippen molar-refractivity contribution in [1.29, 1.82) is 0 Å². The van der Waals surface area contributed by atoms with Crippen LogP contribution in [0, 0.1) is 5.92 Å². The molecule has 0 unspecified atom stereocenters. The summed E-state index contributed by atoms with van der Waals surface area (Å²) >= 11 is 0. The third-order valence-electron chi connectivity index (χ3n) is 4.66. The van der Waals surface area contributed by atoms with Gasteiger partial charge in [0.05, 0.1) is 6.04 Å². The van der Waals surface area contributed by atoms with E-state index in [1.54, 1.807) is 0 Å². The van der Waals surface area contributed by atoms with Gasteiger partial charge in [0, 0.05) is 0 Å². The second-order valence-corrected chi connectivity index (χ2v) is 6.95. The minimum atomic E-state index is -1.10. The first-order valence-corrected chi connectivity index (χ1v) is 9.77. The lowest BCUT2D eigenvalue weighted by molar-refractivity contribution is -0.142. The zero-order chi connectivity index (χ0) is 20.8. The third-order valence-corrected chi connectivity index (χ3v) is 4.66. The van der Waals surface area contributed by atoms with Crippen LogP contribution < -0.4 is 27.8 Å². The molecule has 0 heterocycles. The number of rotatable bonds is 15. The van der Waals surface area contributed by atoms with Gasteiger partial charge in [0.25, 0.3) is 0 Å².